The molecule has 3 rings (SSSR count). The highest BCUT2D eigenvalue weighted by atomic mass is 15.1. The summed E-state index contributed by atoms with van der Waals surface area (Å²) in [6.45, 7) is 2.07. The maximum atomic E-state index is 8.94. The molecule has 92 valence electrons. The van der Waals surface area contributed by atoms with Crippen molar-refractivity contribution in [3.8, 4) is 6.07 Å². The lowest BCUT2D eigenvalue weighted by Gasteiger charge is -2.24. The summed E-state index contributed by atoms with van der Waals surface area (Å²) in [7, 11) is 0. The number of fused-ring (bicyclic) bond motifs is 1. The van der Waals surface area contributed by atoms with E-state index in [-0.39, 0.29) is 0 Å². The molecular formula is C15H17N3. The van der Waals surface area contributed by atoms with Gasteiger partial charge in [-0.1, -0.05) is 19.3 Å². The van der Waals surface area contributed by atoms with Crippen molar-refractivity contribution < 1.29 is 0 Å². The molecule has 1 fully saturated rings. The van der Waals surface area contributed by atoms with Crippen molar-refractivity contribution in [1.29, 1.82) is 5.26 Å². The fourth-order valence-electron chi connectivity index (χ4n) is 3.09. The lowest BCUT2D eigenvalue weighted by molar-refractivity contribution is 0.355. The van der Waals surface area contributed by atoms with Crippen LogP contribution in [0.4, 0.5) is 0 Å². The minimum Gasteiger partial charge on any atom is -0.325 e. The molecule has 0 spiro atoms. The van der Waals surface area contributed by atoms with Gasteiger partial charge >= 0.3 is 0 Å². The molecule has 1 aromatic heterocycles. The monoisotopic (exact) mass is 239 g/mol. The molecule has 2 aromatic rings. The summed E-state index contributed by atoms with van der Waals surface area (Å²) in [6, 6.07) is 8.60. The Morgan fingerprint density at radius 2 is 2.06 bits per heavy atom. The average Bonchev–Trinajstić information content (AvgIpc) is 2.74. The van der Waals surface area contributed by atoms with Gasteiger partial charge in [-0.15, -0.1) is 0 Å². The summed E-state index contributed by atoms with van der Waals surface area (Å²) < 4.78 is 2.37. The van der Waals surface area contributed by atoms with Crippen molar-refractivity contribution in [2.45, 2.75) is 45.1 Å². The van der Waals surface area contributed by atoms with Gasteiger partial charge in [0.2, 0.25) is 0 Å². The Kier molecular flexibility index (Phi) is 2.79. The zero-order chi connectivity index (χ0) is 12.5. The Balaban J connectivity index is 2.11. The normalized spacial score (nSPS) is 16.9. The molecule has 3 heteroatoms. The molecule has 1 saturated carbocycles. The van der Waals surface area contributed by atoms with Crippen LogP contribution in [0, 0.1) is 18.3 Å². The third kappa shape index (κ3) is 1.78. The highest BCUT2D eigenvalue weighted by Crippen LogP contribution is 2.32. The number of hydrogen-bond donors (Lipinski definition) is 0. The summed E-state index contributed by atoms with van der Waals surface area (Å²) in [5.74, 6) is 1.08. The van der Waals surface area contributed by atoms with E-state index in [2.05, 4.69) is 22.5 Å². The van der Waals surface area contributed by atoms with Gasteiger partial charge < -0.3 is 4.57 Å². The third-order valence-electron chi connectivity index (χ3n) is 3.93. The second-order valence-electron chi connectivity index (χ2n) is 5.14. The highest BCUT2D eigenvalue weighted by Gasteiger charge is 2.19. The van der Waals surface area contributed by atoms with Crippen LogP contribution < -0.4 is 0 Å². The zero-order valence-electron chi connectivity index (χ0n) is 10.7. The molecular weight excluding hydrogens is 222 g/mol. The fraction of sp³-hybridized carbons (Fsp3) is 0.467. The number of nitrogens with zero attached hydrogens (tertiary/aromatic N) is 3. The van der Waals surface area contributed by atoms with E-state index in [1.807, 2.05) is 18.2 Å². The first-order valence-electron chi connectivity index (χ1n) is 6.68. The molecule has 3 nitrogen and oxygen atoms in total. The second-order valence-corrected chi connectivity index (χ2v) is 5.14. The standard InChI is InChI=1S/C15H17N3/c1-11-17-14-9-12(10-16)7-8-15(14)18(11)13-5-3-2-4-6-13/h7-9,13H,2-6H2,1H3. The first-order chi connectivity index (χ1) is 8.79. The van der Waals surface area contributed by atoms with Crippen LogP contribution in [0.3, 0.4) is 0 Å². The molecule has 0 bridgehead atoms. The van der Waals surface area contributed by atoms with E-state index in [0.717, 1.165) is 11.3 Å². The number of rotatable bonds is 1. The van der Waals surface area contributed by atoms with E-state index in [4.69, 9.17) is 5.26 Å². The van der Waals surface area contributed by atoms with Gasteiger partial charge in [-0.25, -0.2) is 4.98 Å². The highest BCUT2D eigenvalue weighted by molar-refractivity contribution is 5.77. The van der Waals surface area contributed by atoms with Crippen molar-refractivity contribution in [2.75, 3.05) is 0 Å². The number of benzene rings is 1. The first-order valence-corrected chi connectivity index (χ1v) is 6.68. The van der Waals surface area contributed by atoms with Gasteiger partial charge in [0.05, 0.1) is 22.7 Å². The molecule has 0 amide bonds. The van der Waals surface area contributed by atoms with Gasteiger partial charge in [0.25, 0.3) is 0 Å². The summed E-state index contributed by atoms with van der Waals surface area (Å²) in [6.07, 6.45) is 6.51. The molecule has 0 saturated heterocycles. The van der Waals surface area contributed by atoms with Gasteiger partial charge in [-0.3, -0.25) is 0 Å². The quantitative estimate of drug-likeness (QED) is 0.761. The van der Waals surface area contributed by atoms with Crippen LogP contribution in [-0.2, 0) is 0 Å². The lowest BCUT2D eigenvalue weighted by atomic mass is 9.95. The second kappa shape index (κ2) is 4.45. The van der Waals surface area contributed by atoms with Crippen LogP contribution in [0.5, 0.6) is 0 Å². The van der Waals surface area contributed by atoms with Crippen LogP contribution in [-0.4, -0.2) is 9.55 Å². The number of hydrogen-bond acceptors (Lipinski definition) is 2. The van der Waals surface area contributed by atoms with Gasteiger partial charge in [0, 0.05) is 6.04 Å². The van der Waals surface area contributed by atoms with Crippen LogP contribution in [0.15, 0.2) is 18.2 Å². The van der Waals surface area contributed by atoms with E-state index in [0.29, 0.717) is 11.6 Å². The largest absolute Gasteiger partial charge is 0.325 e. The predicted molar refractivity (Wildman–Crippen MR) is 71.3 cm³/mol. The molecule has 1 aliphatic rings. The molecule has 0 N–H and O–H groups in total. The Bertz CT molecular complexity index is 612. The number of nitriles is 1. The zero-order valence-corrected chi connectivity index (χ0v) is 10.7. The van der Waals surface area contributed by atoms with Gasteiger partial charge in [0.15, 0.2) is 0 Å². The Hall–Kier alpha value is -1.82. The lowest BCUT2D eigenvalue weighted by Crippen LogP contribution is -2.13. The fourth-order valence-corrected chi connectivity index (χ4v) is 3.09. The van der Waals surface area contributed by atoms with E-state index < -0.39 is 0 Å². The van der Waals surface area contributed by atoms with Crippen molar-refractivity contribution in [1.82, 2.24) is 9.55 Å². The molecule has 0 unspecified atom stereocenters. The van der Waals surface area contributed by atoms with Crippen molar-refractivity contribution in [3.05, 3.63) is 29.6 Å². The number of aromatic nitrogens is 2. The third-order valence-corrected chi connectivity index (χ3v) is 3.93. The summed E-state index contributed by atoms with van der Waals surface area (Å²) in [5.41, 5.74) is 2.83. The minimum absolute atomic E-state index is 0.594. The van der Waals surface area contributed by atoms with Crippen LogP contribution in [0.1, 0.15) is 49.5 Å². The smallest absolute Gasteiger partial charge is 0.106 e. The summed E-state index contributed by atoms with van der Waals surface area (Å²) in [4.78, 5) is 4.61. The molecule has 0 aliphatic heterocycles. The van der Waals surface area contributed by atoms with Gasteiger partial charge in [0.1, 0.15) is 5.82 Å². The number of imidazole rings is 1. The van der Waals surface area contributed by atoms with E-state index >= 15 is 0 Å². The van der Waals surface area contributed by atoms with Crippen LogP contribution in [0.2, 0.25) is 0 Å². The molecule has 18 heavy (non-hydrogen) atoms. The number of aryl methyl sites for hydroxylation is 1. The predicted octanol–water partition coefficient (Wildman–Crippen LogP) is 3.72. The average molecular weight is 239 g/mol. The van der Waals surface area contributed by atoms with Crippen molar-refractivity contribution >= 4 is 11.0 Å². The Morgan fingerprint density at radius 3 is 2.78 bits per heavy atom. The molecule has 1 aliphatic carbocycles. The van der Waals surface area contributed by atoms with Gasteiger partial charge in [-0.2, -0.15) is 5.26 Å². The van der Waals surface area contributed by atoms with Gasteiger partial charge in [-0.05, 0) is 38.0 Å². The van der Waals surface area contributed by atoms with E-state index in [9.17, 15) is 0 Å². The molecule has 1 heterocycles. The van der Waals surface area contributed by atoms with Crippen molar-refractivity contribution in [2.24, 2.45) is 0 Å². The molecule has 0 radical (unpaired) electrons. The van der Waals surface area contributed by atoms with Crippen LogP contribution in [0.25, 0.3) is 11.0 Å². The molecule has 1 aromatic carbocycles. The van der Waals surface area contributed by atoms with E-state index in [1.54, 1.807) is 0 Å². The van der Waals surface area contributed by atoms with Crippen molar-refractivity contribution in [3.63, 3.8) is 0 Å². The maximum absolute atomic E-state index is 8.94. The SMILES string of the molecule is Cc1nc2cc(C#N)ccc2n1C1CCCCC1. The Labute approximate surface area is 107 Å². The molecule has 0 atom stereocenters. The Morgan fingerprint density at radius 1 is 1.28 bits per heavy atom. The van der Waals surface area contributed by atoms with Crippen LogP contribution >= 0.6 is 0 Å². The first kappa shape index (κ1) is 11.3. The topological polar surface area (TPSA) is 41.6 Å². The summed E-state index contributed by atoms with van der Waals surface area (Å²) in [5, 5.41) is 8.94. The minimum atomic E-state index is 0.594. The maximum Gasteiger partial charge on any atom is 0.106 e. The van der Waals surface area contributed by atoms with E-state index in [1.165, 1.54) is 37.6 Å². The summed E-state index contributed by atoms with van der Waals surface area (Å²) >= 11 is 0.